The van der Waals surface area contributed by atoms with Crippen molar-refractivity contribution in [1.82, 2.24) is 25.4 Å². The number of hydrogen-bond donors (Lipinski definition) is 6. The van der Waals surface area contributed by atoms with Gasteiger partial charge in [-0.1, -0.05) is 103 Å². The number of amides is 3. The quantitative estimate of drug-likeness (QED) is 0.0426. The molecule has 2 unspecified atom stereocenters. The molecule has 0 saturated carbocycles. The Morgan fingerprint density at radius 3 is 2.24 bits per heavy atom. The van der Waals surface area contributed by atoms with E-state index >= 15 is 0 Å². The van der Waals surface area contributed by atoms with Crippen molar-refractivity contribution in [2.75, 3.05) is 44.6 Å². The van der Waals surface area contributed by atoms with Gasteiger partial charge in [-0.05, 0) is 114 Å². The second-order valence-corrected chi connectivity index (χ2v) is 18.2. The third-order valence-electron chi connectivity index (χ3n) is 13.3. The molecule has 15 heteroatoms. The number of aromatic hydroxyl groups is 1. The number of esters is 1. The zero-order chi connectivity index (χ0) is 49.8. The lowest BCUT2D eigenvalue weighted by atomic mass is 9.86. The van der Waals surface area contributed by atoms with E-state index in [0.29, 0.717) is 40.4 Å². The Hall–Kier alpha value is -7.98. The molecule has 0 spiro atoms. The lowest BCUT2D eigenvalue weighted by Gasteiger charge is -2.43. The Morgan fingerprint density at radius 2 is 1.50 bits per heavy atom. The molecule has 72 heavy (non-hydrogen) atoms. The Labute approximate surface area is 417 Å². The molecule has 0 aliphatic carbocycles. The van der Waals surface area contributed by atoms with Crippen LogP contribution in [0.1, 0.15) is 68.7 Å². The lowest BCUT2D eigenvalue weighted by molar-refractivity contribution is -0.0336. The SMILES string of the molecule is O=C(N[C@@H](c1ccccc1)c1cccc(OCc2ccc(C(=O)OCCN(Cc3ccccc3)C(=O)Nc3ccc(CNCC(O)c4ccc(O)c5[nH]c(=O)ccc45)cc3)cc2)c1)OC1CN2CCC1CC2. The molecule has 2 bridgehead atoms. The van der Waals surface area contributed by atoms with E-state index in [1.165, 1.54) is 12.1 Å². The number of aliphatic hydroxyl groups excluding tert-OH is 1. The summed E-state index contributed by atoms with van der Waals surface area (Å²) in [6, 6.07) is 46.5. The lowest BCUT2D eigenvalue weighted by Crippen LogP contribution is -2.52. The van der Waals surface area contributed by atoms with E-state index in [9.17, 15) is 29.4 Å². The zero-order valence-electron chi connectivity index (χ0n) is 39.7. The number of piperidine rings is 3. The predicted molar refractivity (Wildman–Crippen MR) is 274 cm³/mol. The number of phenolic OH excluding ortho intramolecular Hbond substituents is 1. The Bertz CT molecular complexity index is 3000. The maximum atomic E-state index is 13.7. The van der Waals surface area contributed by atoms with Gasteiger partial charge in [-0.2, -0.15) is 0 Å². The summed E-state index contributed by atoms with van der Waals surface area (Å²) < 4.78 is 17.9. The van der Waals surface area contributed by atoms with E-state index in [-0.39, 0.29) is 61.8 Å². The van der Waals surface area contributed by atoms with Gasteiger partial charge in [0, 0.05) is 43.3 Å². The van der Waals surface area contributed by atoms with Crippen molar-refractivity contribution >= 4 is 34.7 Å². The number of anilines is 1. The average molecular weight is 971 g/mol. The number of nitrogens with zero attached hydrogens (tertiary/aromatic N) is 2. The number of alkyl carbamates (subject to hydrolysis) is 1. The number of phenols is 1. The highest BCUT2D eigenvalue weighted by molar-refractivity contribution is 5.90. The van der Waals surface area contributed by atoms with Gasteiger partial charge in [0.25, 0.3) is 0 Å². The fourth-order valence-electron chi connectivity index (χ4n) is 9.34. The summed E-state index contributed by atoms with van der Waals surface area (Å²) in [5.74, 6) is 0.425. The van der Waals surface area contributed by atoms with Crippen molar-refractivity contribution in [3.63, 3.8) is 0 Å². The first kappa shape index (κ1) is 49.0. The van der Waals surface area contributed by atoms with Crippen LogP contribution < -0.4 is 26.2 Å². The molecule has 3 fully saturated rings. The van der Waals surface area contributed by atoms with Gasteiger partial charge in [-0.15, -0.1) is 0 Å². The molecule has 6 N–H and O–H groups in total. The number of nitrogens with one attached hydrogen (secondary N) is 4. The first-order valence-electron chi connectivity index (χ1n) is 24.3. The number of fused-ring (bicyclic) bond motifs is 4. The van der Waals surface area contributed by atoms with Crippen LogP contribution in [0.5, 0.6) is 11.5 Å². The number of carbonyl (C=O) groups excluding carboxylic acids is 3. The first-order valence-corrected chi connectivity index (χ1v) is 24.3. The van der Waals surface area contributed by atoms with Gasteiger partial charge >= 0.3 is 18.1 Å². The molecule has 15 nitrogen and oxygen atoms in total. The fraction of sp³-hybridized carbons (Fsp3) is 0.263. The number of H-pyrrole nitrogens is 1. The maximum Gasteiger partial charge on any atom is 0.408 e. The monoisotopic (exact) mass is 970 g/mol. The number of aromatic amines is 1. The van der Waals surface area contributed by atoms with E-state index in [1.807, 2.05) is 109 Å². The number of rotatable bonds is 19. The van der Waals surface area contributed by atoms with Gasteiger partial charge < -0.3 is 50.3 Å². The highest BCUT2D eigenvalue weighted by Gasteiger charge is 2.37. The number of urea groups is 1. The van der Waals surface area contributed by atoms with Crippen LogP contribution in [-0.4, -0.2) is 88.5 Å². The summed E-state index contributed by atoms with van der Waals surface area (Å²) in [6.45, 7) is 4.18. The normalized spacial score (nSPS) is 16.8. The standard InChI is InChI=1S/C57H58N6O9/c64-49-24-22-47(48-23-25-52(66)60-54(48)49)50(65)34-58-33-38-16-20-45(21-17-38)59-56(68)63(35-39-8-3-1-4-9-39)30-31-70-55(67)43-18-14-40(15-19-43)37-71-46-13-7-12-44(32-46)53(42-10-5-2-6-11-42)61-57(69)72-51-36-62-28-26-41(51)27-29-62/h1-25,32,41,50-51,53,58,64-65H,26-31,33-37H2,(H,59,68)(H,60,66)(H,61,69)/t50?,51?,53-/m0/s1. The highest BCUT2D eigenvalue weighted by atomic mass is 16.6. The van der Waals surface area contributed by atoms with Crippen LogP contribution in [0.3, 0.4) is 0 Å². The molecule has 3 amide bonds. The summed E-state index contributed by atoms with van der Waals surface area (Å²) in [6.07, 6.45) is 0.654. The van der Waals surface area contributed by atoms with Crippen molar-refractivity contribution in [3.8, 4) is 11.5 Å². The van der Waals surface area contributed by atoms with E-state index in [2.05, 4.69) is 25.8 Å². The fourth-order valence-corrected chi connectivity index (χ4v) is 9.34. The molecule has 10 rings (SSSR count). The van der Waals surface area contributed by atoms with Gasteiger partial charge in [-0.25, -0.2) is 14.4 Å². The Kier molecular flexibility index (Phi) is 15.9. The minimum absolute atomic E-state index is 0.0368. The third kappa shape index (κ3) is 12.7. The van der Waals surface area contributed by atoms with Gasteiger partial charge in [-0.3, -0.25) is 9.69 Å². The molecule has 370 valence electrons. The van der Waals surface area contributed by atoms with Crippen molar-refractivity contribution in [2.24, 2.45) is 5.92 Å². The third-order valence-corrected chi connectivity index (χ3v) is 13.3. The molecule has 6 aromatic carbocycles. The van der Waals surface area contributed by atoms with E-state index in [4.69, 9.17) is 14.2 Å². The van der Waals surface area contributed by atoms with Gasteiger partial charge in [0.1, 0.15) is 30.8 Å². The molecule has 3 aliphatic heterocycles. The largest absolute Gasteiger partial charge is 0.506 e. The van der Waals surface area contributed by atoms with Crippen LogP contribution in [0.15, 0.2) is 163 Å². The minimum atomic E-state index is -0.904. The molecule has 0 radical (unpaired) electrons. The predicted octanol–water partition coefficient (Wildman–Crippen LogP) is 8.44. The molecular weight excluding hydrogens is 913 g/mol. The van der Waals surface area contributed by atoms with Gasteiger partial charge in [0.2, 0.25) is 5.56 Å². The maximum absolute atomic E-state index is 13.7. The van der Waals surface area contributed by atoms with Crippen LogP contribution in [0.25, 0.3) is 10.9 Å². The van der Waals surface area contributed by atoms with Crippen molar-refractivity contribution in [3.05, 3.63) is 207 Å². The molecule has 3 saturated heterocycles. The van der Waals surface area contributed by atoms with Crippen LogP contribution in [-0.2, 0) is 29.2 Å². The number of hydrogen-bond acceptors (Lipinski definition) is 11. The van der Waals surface area contributed by atoms with Crippen LogP contribution in [0.4, 0.5) is 15.3 Å². The summed E-state index contributed by atoms with van der Waals surface area (Å²) in [7, 11) is 0. The second kappa shape index (κ2) is 23.3. The number of aliphatic hydroxyl groups is 1. The van der Waals surface area contributed by atoms with E-state index in [1.54, 1.807) is 41.3 Å². The summed E-state index contributed by atoms with van der Waals surface area (Å²) >= 11 is 0. The Morgan fingerprint density at radius 1 is 0.778 bits per heavy atom. The molecule has 3 atom stereocenters. The van der Waals surface area contributed by atoms with E-state index < -0.39 is 24.2 Å². The van der Waals surface area contributed by atoms with Gasteiger partial charge in [0.15, 0.2) is 0 Å². The summed E-state index contributed by atoms with van der Waals surface area (Å²) in [5.41, 5.74) is 5.86. The van der Waals surface area contributed by atoms with Crippen LogP contribution in [0.2, 0.25) is 0 Å². The van der Waals surface area contributed by atoms with Crippen molar-refractivity contribution in [1.29, 1.82) is 0 Å². The topological polar surface area (TPSA) is 195 Å². The van der Waals surface area contributed by atoms with Crippen LogP contribution >= 0.6 is 0 Å². The number of aromatic nitrogens is 1. The molecule has 3 aliphatic rings. The number of benzene rings is 6. The summed E-state index contributed by atoms with van der Waals surface area (Å²) in [4.78, 5) is 58.5. The Balaban J connectivity index is 0.751. The smallest absolute Gasteiger partial charge is 0.408 e. The highest BCUT2D eigenvalue weighted by Crippen LogP contribution is 2.32. The molecular formula is C57H58N6O9. The molecule has 7 aromatic rings. The molecule has 4 heterocycles. The molecule has 1 aromatic heterocycles. The minimum Gasteiger partial charge on any atom is -0.506 e. The van der Waals surface area contributed by atoms with Crippen molar-refractivity contribution in [2.45, 2.75) is 50.8 Å². The number of pyridine rings is 1. The first-order chi connectivity index (χ1) is 35.1. The van der Waals surface area contributed by atoms with E-state index in [0.717, 1.165) is 60.3 Å². The van der Waals surface area contributed by atoms with Crippen LogP contribution in [0, 0.1) is 5.92 Å². The average Bonchev–Trinajstić information content (AvgIpc) is 3.41. The number of ether oxygens (including phenoxy) is 3. The number of carbonyl (C=O) groups is 3. The summed E-state index contributed by atoms with van der Waals surface area (Å²) in [5, 5.41) is 31.0. The van der Waals surface area contributed by atoms with Gasteiger partial charge in [0.05, 0.1) is 29.8 Å². The second-order valence-electron chi connectivity index (χ2n) is 18.2. The zero-order valence-corrected chi connectivity index (χ0v) is 39.7. The van der Waals surface area contributed by atoms with Crippen molar-refractivity contribution < 1.29 is 38.8 Å².